The van der Waals surface area contributed by atoms with E-state index in [-0.39, 0.29) is 0 Å². The molecule has 1 atom stereocenters. The van der Waals surface area contributed by atoms with Crippen molar-refractivity contribution in [2.45, 2.75) is 46.6 Å². The molecule has 1 aromatic carbocycles. The Balaban J connectivity index is 2.66. The van der Waals surface area contributed by atoms with E-state index in [0.717, 1.165) is 19.4 Å². The molecule has 0 saturated carbocycles. The first-order chi connectivity index (χ1) is 7.90. The third-order valence-corrected chi connectivity index (χ3v) is 2.74. The van der Waals surface area contributed by atoms with Gasteiger partial charge in [-0.25, -0.2) is 0 Å². The average molecular weight is 235 g/mol. The third-order valence-electron chi connectivity index (χ3n) is 2.74. The minimum atomic E-state index is 0.323. The first-order valence-corrected chi connectivity index (χ1v) is 6.42. The molecule has 2 nitrogen and oxygen atoms in total. The lowest BCUT2D eigenvalue weighted by atomic mass is 9.86. The van der Waals surface area contributed by atoms with E-state index >= 15 is 0 Å². The van der Waals surface area contributed by atoms with E-state index in [1.54, 1.807) is 6.07 Å². The molecule has 0 saturated heterocycles. The molecule has 96 valence electrons. The summed E-state index contributed by atoms with van der Waals surface area (Å²) < 4.78 is 0. The van der Waals surface area contributed by atoms with Crippen molar-refractivity contribution in [1.29, 1.82) is 0 Å². The number of aromatic hydroxyl groups is 1. The van der Waals surface area contributed by atoms with Crippen LogP contribution in [0.25, 0.3) is 0 Å². The predicted molar refractivity (Wildman–Crippen MR) is 73.3 cm³/mol. The number of hydrogen-bond donors (Lipinski definition) is 2. The van der Waals surface area contributed by atoms with Gasteiger partial charge in [-0.15, -0.1) is 0 Å². The van der Waals surface area contributed by atoms with Crippen LogP contribution in [0.3, 0.4) is 0 Å². The average Bonchev–Trinajstić information content (AvgIpc) is 2.15. The summed E-state index contributed by atoms with van der Waals surface area (Å²) in [5, 5.41) is 13.0. The van der Waals surface area contributed by atoms with Gasteiger partial charge in [0.05, 0.1) is 0 Å². The van der Waals surface area contributed by atoms with Gasteiger partial charge >= 0.3 is 0 Å². The van der Waals surface area contributed by atoms with Crippen LogP contribution in [-0.2, 0) is 6.42 Å². The molecule has 17 heavy (non-hydrogen) atoms. The zero-order valence-electron chi connectivity index (χ0n) is 11.5. The molecule has 0 aliphatic heterocycles. The molecule has 1 rings (SSSR count). The van der Waals surface area contributed by atoms with Crippen molar-refractivity contribution in [1.82, 2.24) is 5.32 Å². The van der Waals surface area contributed by atoms with Crippen LogP contribution >= 0.6 is 0 Å². The normalized spacial score (nSPS) is 13.6. The molecule has 0 fully saturated rings. The lowest BCUT2D eigenvalue weighted by Gasteiger charge is -2.26. The van der Waals surface area contributed by atoms with Crippen LogP contribution in [0.5, 0.6) is 5.75 Å². The number of benzene rings is 1. The molecule has 2 N–H and O–H groups in total. The van der Waals surface area contributed by atoms with Gasteiger partial charge in [0.15, 0.2) is 0 Å². The Kier molecular flexibility index (Phi) is 5.01. The van der Waals surface area contributed by atoms with E-state index in [0.29, 0.717) is 17.2 Å². The zero-order chi connectivity index (χ0) is 12.9. The van der Waals surface area contributed by atoms with Gasteiger partial charge in [-0.2, -0.15) is 0 Å². The highest BCUT2D eigenvalue weighted by Crippen LogP contribution is 2.23. The molecule has 0 heterocycles. The van der Waals surface area contributed by atoms with Crippen molar-refractivity contribution >= 4 is 0 Å². The van der Waals surface area contributed by atoms with Crippen molar-refractivity contribution in [3.8, 4) is 5.75 Å². The molecule has 0 spiro atoms. The fourth-order valence-corrected chi connectivity index (χ4v) is 2.21. The van der Waals surface area contributed by atoms with Crippen LogP contribution in [-0.4, -0.2) is 17.7 Å². The Morgan fingerprint density at radius 1 is 1.29 bits per heavy atom. The van der Waals surface area contributed by atoms with E-state index in [9.17, 15) is 5.11 Å². The predicted octanol–water partition coefficient (Wildman–Crippen LogP) is 3.35. The third kappa shape index (κ3) is 5.73. The second-order valence-electron chi connectivity index (χ2n) is 5.89. The van der Waals surface area contributed by atoms with Crippen LogP contribution in [0.15, 0.2) is 24.3 Å². The molecule has 0 aliphatic carbocycles. The number of phenols is 1. The second kappa shape index (κ2) is 6.06. The molecule has 0 bridgehead atoms. The topological polar surface area (TPSA) is 32.3 Å². The molecule has 1 unspecified atom stereocenters. The fourth-order valence-electron chi connectivity index (χ4n) is 2.21. The zero-order valence-corrected chi connectivity index (χ0v) is 11.5. The van der Waals surface area contributed by atoms with E-state index in [1.807, 2.05) is 12.1 Å². The second-order valence-corrected chi connectivity index (χ2v) is 5.89. The quantitative estimate of drug-likeness (QED) is 0.820. The molecule has 1 aromatic rings. The molecule has 0 aromatic heterocycles. The van der Waals surface area contributed by atoms with Crippen molar-refractivity contribution in [2.75, 3.05) is 6.54 Å². The largest absolute Gasteiger partial charge is 0.508 e. The van der Waals surface area contributed by atoms with Gasteiger partial charge in [0, 0.05) is 6.04 Å². The lowest BCUT2D eigenvalue weighted by Crippen LogP contribution is -2.34. The maximum absolute atomic E-state index is 9.47. The van der Waals surface area contributed by atoms with E-state index < -0.39 is 0 Å². The van der Waals surface area contributed by atoms with Gasteiger partial charge in [-0.3, -0.25) is 0 Å². The van der Waals surface area contributed by atoms with Gasteiger partial charge in [0.2, 0.25) is 0 Å². The van der Waals surface area contributed by atoms with Crippen LogP contribution < -0.4 is 5.32 Å². The van der Waals surface area contributed by atoms with Crippen molar-refractivity contribution in [2.24, 2.45) is 5.41 Å². The number of rotatable bonds is 5. The Hall–Kier alpha value is -1.02. The smallest absolute Gasteiger partial charge is 0.115 e. The molecular formula is C15H25NO. The molecular weight excluding hydrogens is 210 g/mol. The van der Waals surface area contributed by atoms with Gasteiger partial charge < -0.3 is 10.4 Å². The number of likely N-dealkylation sites (N-methyl/N-ethyl adjacent to an activating group) is 1. The monoisotopic (exact) mass is 235 g/mol. The Labute approximate surface area is 105 Å². The van der Waals surface area contributed by atoms with Gasteiger partial charge in [-0.1, -0.05) is 39.8 Å². The highest BCUT2D eigenvalue weighted by molar-refractivity contribution is 5.27. The maximum atomic E-state index is 9.47. The highest BCUT2D eigenvalue weighted by atomic mass is 16.3. The van der Waals surface area contributed by atoms with Gasteiger partial charge in [-0.05, 0) is 42.5 Å². The molecule has 0 amide bonds. The minimum Gasteiger partial charge on any atom is -0.508 e. The highest BCUT2D eigenvalue weighted by Gasteiger charge is 2.18. The van der Waals surface area contributed by atoms with Crippen molar-refractivity contribution < 1.29 is 5.11 Å². The summed E-state index contributed by atoms with van der Waals surface area (Å²) in [7, 11) is 0. The SMILES string of the molecule is CCNC(Cc1cccc(O)c1)CC(C)(C)C. The van der Waals surface area contributed by atoms with E-state index in [2.05, 4.69) is 39.1 Å². The van der Waals surface area contributed by atoms with Crippen LogP contribution in [0.4, 0.5) is 0 Å². The van der Waals surface area contributed by atoms with Crippen molar-refractivity contribution in [3.63, 3.8) is 0 Å². The molecule has 0 aliphatic rings. The summed E-state index contributed by atoms with van der Waals surface area (Å²) in [4.78, 5) is 0. The summed E-state index contributed by atoms with van der Waals surface area (Å²) in [6, 6.07) is 8.03. The number of hydrogen-bond acceptors (Lipinski definition) is 2. The molecule has 2 heteroatoms. The molecule has 0 radical (unpaired) electrons. The first-order valence-electron chi connectivity index (χ1n) is 6.42. The minimum absolute atomic E-state index is 0.323. The standard InChI is InChI=1S/C15H25NO/c1-5-16-13(11-15(2,3)4)9-12-7-6-8-14(17)10-12/h6-8,10,13,16-17H,5,9,11H2,1-4H3. The van der Waals surface area contributed by atoms with E-state index in [4.69, 9.17) is 0 Å². The Morgan fingerprint density at radius 3 is 2.53 bits per heavy atom. The van der Waals surface area contributed by atoms with Crippen LogP contribution in [0, 0.1) is 5.41 Å². The Bertz CT molecular complexity index is 341. The fraction of sp³-hybridized carbons (Fsp3) is 0.600. The number of nitrogens with one attached hydrogen (secondary N) is 1. The first kappa shape index (κ1) is 14.0. The van der Waals surface area contributed by atoms with E-state index in [1.165, 1.54) is 5.56 Å². The van der Waals surface area contributed by atoms with Crippen molar-refractivity contribution in [3.05, 3.63) is 29.8 Å². The Morgan fingerprint density at radius 2 is 2.00 bits per heavy atom. The summed E-state index contributed by atoms with van der Waals surface area (Å²) in [5.74, 6) is 0.355. The summed E-state index contributed by atoms with van der Waals surface area (Å²) in [6.07, 6.45) is 2.11. The lowest BCUT2D eigenvalue weighted by molar-refractivity contribution is 0.309. The number of phenolic OH excluding ortho intramolecular Hbond substituents is 1. The van der Waals surface area contributed by atoms with Gasteiger partial charge in [0.25, 0.3) is 0 Å². The van der Waals surface area contributed by atoms with Crippen LogP contribution in [0.1, 0.15) is 39.7 Å². The van der Waals surface area contributed by atoms with Gasteiger partial charge in [0.1, 0.15) is 5.75 Å². The maximum Gasteiger partial charge on any atom is 0.115 e. The van der Waals surface area contributed by atoms with Crippen LogP contribution in [0.2, 0.25) is 0 Å². The summed E-state index contributed by atoms with van der Waals surface area (Å²) in [5.41, 5.74) is 1.52. The summed E-state index contributed by atoms with van der Waals surface area (Å²) in [6.45, 7) is 9.91. The summed E-state index contributed by atoms with van der Waals surface area (Å²) >= 11 is 0.